The fraction of sp³-hybridized carbons (Fsp3) is 0.154. The van der Waals surface area contributed by atoms with E-state index >= 15 is 0 Å². The molecule has 3 aromatic rings. The van der Waals surface area contributed by atoms with Crippen LogP contribution >= 0.6 is 27.7 Å². The maximum atomic E-state index is 13.3. The molecular weight excluding hydrogens is 517 g/mol. The summed E-state index contributed by atoms with van der Waals surface area (Å²) in [6.45, 7) is 1.88. The molecule has 1 aliphatic rings. The number of carbonyl (C=O) groups is 1. The lowest BCUT2D eigenvalue weighted by Crippen LogP contribution is -2.32. The highest BCUT2D eigenvalue weighted by Crippen LogP contribution is 2.34. The van der Waals surface area contributed by atoms with Crippen LogP contribution in [0.15, 0.2) is 93.5 Å². The number of hydrogen-bond acceptors (Lipinski definition) is 5. The summed E-state index contributed by atoms with van der Waals surface area (Å²) in [5.74, 6) is 0.866. The Morgan fingerprint density at radius 2 is 1.76 bits per heavy atom. The monoisotopic (exact) mass is 539 g/mol. The van der Waals surface area contributed by atoms with Gasteiger partial charge in [-0.1, -0.05) is 52.0 Å². The molecule has 1 amide bonds. The molecule has 0 aliphatic carbocycles. The van der Waals surface area contributed by atoms with Gasteiger partial charge in [0, 0.05) is 21.6 Å². The van der Waals surface area contributed by atoms with Crippen molar-refractivity contribution in [2.45, 2.75) is 18.7 Å². The zero-order valence-corrected chi connectivity index (χ0v) is 21.0. The fourth-order valence-corrected chi connectivity index (χ4v) is 4.67. The van der Waals surface area contributed by atoms with E-state index in [1.165, 1.54) is 23.9 Å². The van der Waals surface area contributed by atoms with E-state index in [4.69, 9.17) is 9.73 Å². The van der Waals surface area contributed by atoms with E-state index in [-0.39, 0.29) is 11.7 Å². The third-order valence-corrected chi connectivity index (χ3v) is 6.77. The van der Waals surface area contributed by atoms with Crippen molar-refractivity contribution in [3.05, 3.63) is 105 Å². The van der Waals surface area contributed by atoms with Gasteiger partial charge in [-0.2, -0.15) is 0 Å². The summed E-state index contributed by atoms with van der Waals surface area (Å²) in [4.78, 5) is 18.2. The summed E-state index contributed by atoms with van der Waals surface area (Å²) in [7, 11) is 1.61. The fourth-order valence-electron chi connectivity index (χ4n) is 3.51. The van der Waals surface area contributed by atoms with Crippen LogP contribution in [0.1, 0.15) is 24.1 Å². The number of carbonyl (C=O) groups excluding carboxylic acids is 1. The minimum absolute atomic E-state index is 0.223. The maximum Gasteiger partial charge on any atom is 0.255 e. The Kier molecular flexibility index (Phi) is 7.70. The minimum Gasteiger partial charge on any atom is -0.497 e. The van der Waals surface area contributed by atoms with Crippen LogP contribution in [0.5, 0.6) is 5.75 Å². The van der Waals surface area contributed by atoms with E-state index in [0.717, 1.165) is 27.0 Å². The number of ether oxygens (including phenoxy) is 1. The molecule has 174 valence electrons. The topological polar surface area (TPSA) is 62.7 Å². The predicted octanol–water partition coefficient (Wildman–Crippen LogP) is 6.44. The van der Waals surface area contributed by atoms with Gasteiger partial charge >= 0.3 is 0 Å². The first-order valence-electron chi connectivity index (χ1n) is 10.6. The third-order valence-electron chi connectivity index (χ3n) is 5.29. The van der Waals surface area contributed by atoms with E-state index in [0.29, 0.717) is 22.2 Å². The van der Waals surface area contributed by atoms with Gasteiger partial charge < -0.3 is 15.4 Å². The quantitative estimate of drug-likeness (QED) is 0.378. The van der Waals surface area contributed by atoms with E-state index in [1.54, 1.807) is 19.2 Å². The molecule has 5 nitrogen and oxygen atoms in total. The highest BCUT2D eigenvalue weighted by molar-refractivity contribution is 9.10. The minimum atomic E-state index is -0.488. The molecular formula is C26H23BrFN3O2S. The smallest absolute Gasteiger partial charge is 0.255 e. The van der Waals surface area contributed by atoms with Gasteiger partial charge in [0.25, 0.3) is 5.91 Å². The molecule has 1 unspecified atom stereocenters. The summed E-state index contributed by atoms with van der Waals surface area (Å²) in [5, 5.41) is 6.94. The molecule has 3 aromatic carbocycles. The van der Waals surface area contributed by atoms with Crippen LogP contribution in [0, 0.1) is 5.82 Å². The Morgan fingerprint density at radius 1 is 1.09 bits per heavy atom. The van der Waals surface area contributed by atoms with Gasteiger partial charge in [0.15, 0.2) is 5.17 Å². The van der Waals surface area contributed by atoms with Crippen molar-refractivity contribution in [1.29, 1.82) is 0 Å². The second-order valence-corrected chi connectivity index (χ2v) is 9.53. The number of hydrogen-bond donors (Lipinski definition) is 2. The average Bonchev–Trinajstić information content (AvgIpc) is 2.84. The summed E-state index contributed by atoms with van der Waals surface area (Å²) in [5.41, 5.74) is 3.83. The predicted molar refractivity (Wildman–Crippen MR) is 139 cm³/mol. The number of amidine groups is 1. The Hall–Kier alpha value is -3.10. The van der Waals surface area contributed by atoms with Crippen molar-refractivity contribution in [1.82, 2.24) is 5.32 Å². The third kappa shape index (κ3) is 5.87. The van der Waals surface area contributed by atoms with Gasteiger partial charge in [0.05, 0.1) is 12.7 Å². The number of benzene rings is 3. The summed E-state index contributed by atoms with van der Waals surface area (Å²) in [6, 6.07) is 20.9. The Morgan fingerprint density at radius 3 is 2.41 bits per heavy atom. The van der Waals surface area contributed by atoms with Crippen molar-refractivity contribution in [3.63, 3.8) is 0 Å². The van der Waals surface area contributed by atoms with Crippen LogP contribution < -0.4 is 15.4 Å². The normalized spacial score (nSPS) is 15.4. The molecule has 1 atom stereocenters. The lowest BCUT2D eigenvalue weighted by Gasteiger charge is -2.26. The van der Waals surface area contributed by atoms with Gasteiger partial charge in [-0.3, -0.25) is 4.79 Å². The van der Waals surface area contributed by atoms with Crippen molar-refractivity contribution >= 4 is 44.5 Å². The summed E-state index contributed by atoms with van der Waals surface area (Å²) >= 11 is 4.92. The average molecular weight is 540 g/mol. The molecule has 1 heterocycles. The highest BCUT2D eigenvalue weighted by Gasteiger charge is 2.29. The second-order valence-electron chi connectivity index (χ2n) is 7.65. The van der Waals surface area contributed by atoms with Crippen LogP contribution in [0.2, 0.25) is 0 Å². The van der Waals surface area contributed by atoms with Gasteiger partial charge in [0.2, 0.25) is 0 Å². The second kappa shape index (κ2) is 10.9. The van der Waals surface area contributed by atoms with Crippen LogP contribution in [-0.2, 0) is 10.5 Å². The van der Waals surface area contributed by atoms with Crippen molar-refractivity contribution in [2.24, 2.45) is 4.99 Å². The first-order valence-corrected chi connectivity index (χ1v) is 12.3. The van der Waals surface area contributed by atoms with Crippen molar-refractivity contribution < 1.29 is 13.9 Å². The number of allylic oxidation sites excluding steroid dienone is 1. The largest absolute Gasteiger partial charge is 0.497 e. The molecule has 0 radical (unpaired) electrons. The van der Waals surface area contributed by atoms with Gasteiger partial charge in [-0.25, -0.2) is 9.38 Å². The van der Waals surface area contributed by atoms with E-state index < -0.39 is 6.04 Å². The number of rotatable bonds is 6. The molecule has 34 heavy (non-hydrogen) atoms. The number of methoxy groups -OCH3 is 1. The zero-order chi connectivity index (χ0) is 24.1. The van der Waals surface area contributed by atoms with Crippen molar-refractivity contribution in [3.8, 4) is 5.75 Å². The maximum absolute atomic E-state index is 13.3. The van der Waals surface area contributed by atoms with Crippen molar-refractivity contribution in [2.75, 3.05) is 12.4 Å². The lowest BCUT2D eigenvalue weighted by molar-refractivity contribution is -0.113. The Balaban J connectivity index is 1.60. The van der Waals surface area contributed by atoms with Gasteiger partial charge in [0.1, 0.15) is 17.6 Å². The number of aliphatic imine (C=N–C) groups is 1. The summed E-state index contributed by atoms with van der Waals surface area (Å²) in [6.07, 6.45) is 0. The number of thioether (sulfide) groups is 1. The SMILES string of the molecule is COc1ccc(C2N=C(SCc3ccc(F)cc3)NC(C)=C2C(=O)Nc2ccc(Br)cc2)cc1. The van der Waals surface area contributed by atoms with E-state index in [1.807, 2.05) is 55.5 Å². The molecule has 0 aromatic heterocycles. The number of amides is 1. The lowest BCUT2D eigenvalue weighted by atomic mass is 9.95. The standard InChI is InChI=1S/C26H23BrFN3O2S/c1-16-23(25(32)30-21-11-7-19(27)8-12-21)24(18-5-13-22(33-2)14-6-18)31-26(29-16)34-15-17-3-9-20(28)10-4-17/h3-14,24H,15H2,1-2H3,(H,29,31)(H,30,32). The Bertz CT molecular complexity index is 1230. The number of nitrogens with one attached hydrogen (secondary N) is 2. The number of anilines is 1. The molecule has 1 aliphatic heterocycles. The molecule has 8 heteroatoms. The molecule has 0 saturated heterocycles. The number of nitrogens with zero attached hydrogens (tertiary/aromatic N) is 1. The Labute approximate surface area is 210 Å². The molecule has 2 N–H and O–H groups in total. The van der Waals surface area contributed by atoms with E-state index in [9.17, 15) is 9.18 Å². The van der Waals surface area contributed by atoms with Crippen LogP contribution in [0.25, 0.3) is 0 Å². The zero-order valence-electron chi connectivity index (χ0n) is 18.6. The first kappa shape index (κ1) is 24.0. The molecule has 0 saturated carbocycles. The molecule has 0 spiro atoms. The first-order chi connectivity index (χ1) is 16.4. The molecule has 4 rings (SSSR count). The van der Waals surface area contributed by atoms with E-state index in [2.05, 4.69) is 26.6 Å². The van der Waals surface area contributed by atoms with Crippen LogP contribution in [-0.4, -0.2) is 18.2 Å². The number of halogens is 2. The van der Waals surface area contributed by atoms with Crippen LogP contribution in [0.3, 0.4) is 0 Å². The van der Waals surface area contributed by atoms with Gasteiger partial charge in [-0.05, 0) is 66.6 Å². The highest BCUT2D eigenvalue weighted by atomic mass is 79.9. The molecule has 0 bridgehead atoms. The summed E-state index contributed by atoms with van der Waals surface area (Å²) < 4.78 is 19.4. The molecule has 0 fully saturated rings. The van der Waals surface area contributed by atoms with Gasteiger partial charge in [-0.15, -0.1) is 0 Å². The van der Waals surface area contributed by atoms with Crippen LogP contribution in [0.4, 0.5) is 10.1 Å².